The van der Waals surface area contributed by atoms with Gasteiger partial charge in [-0.1, -0.05) is 12.1 Å². The number of imidazole rings is 1. The van der Waals surface area contributed by atoms with E-state index >= 15 is 0 Å². The Morgan fingerprint density at radius 1 is 1.20 bits per heavy atom. The van der Waals surface area contributed by atoms with Crippen molar-refractivity contribution in [2.45, 2.75) is 52.3 Å². The summed E-state index contributed by atoms with van der Waals surface area (Å²) in [4.78, 5) is 13.7. The van der Waals surface area contributed by atoms with Gasteiger partial charge in [-0.3, -0.25) is 0 Å². The van der Waals surface area contributed by atoms with Gasteiger partial charge in [-0.05, 0) is 40.2 Å². The number of anilines is 2. The molecular weight excluding hydrogens is 384 g/mol. The monoisotopic (exact) mass is 414 g/mol. The molecule has 0 saturated heterocycles. The molecule has 3 rings (SSSR count). The lowest BCUT2D eigenvalue weighted by molar-refractivity contribution is 0.0748. The molecule has 0 saturated carbocycles. The zero-order chi connectivity index (χ0) is 21.9. The molecule has 30 heavy (non-hydrogen) atoms. The predicted octanol–water partition coefficient (Wildman–Crippen LogP) is 3.31. The van der Waals surface area contributed by atoms with Crippen LogP contribution in [0.4, 0.5) is 11.8 Å². The Balaban J connectivity index is 1.90. The summed E-state index contributed by atoms with van der Waals surface area (Å²) in [6.45, 7) is 8.52. The second kappa shape index (κ2) is 8.74. The molecule has 0 aliphatic rings. The highest BCUT2D eigenvalue weighted by atomic mass is 16.5. The number of hydrogen-bond acceptors (Lipinski definition) is 8. The number of hydrogen-bond donors (Lipinski definition) is 4. The van der Waals surface area contributed by atoms with Crippen LogP contribution in [-0.4, -0.2) is 49.0 Å². The summed E-state index contributed by atoms with van der Waals surface area (Å²) in [6.07, 6.45) is 2.30. The minimum absolute atomic E-state index is 0.0917. The molecular formula is C21H30N6O3. The number of nitrogens with one attached hydrogen (secondary N) is 2. The third kappa shape index (κ3) is 4.91. The van der Waals surface area contributed by atoms with Crippen molar-refractivity contribution in [3.8, 4) is 11.5 Å². The molecule has 1 aromatic carbocycles. The highest BCUT2D eigenvalue weighted by Gasteiger charge is 2.17. The number of rotatable bonds is 9. The van der Waals surface area contributed by atoms with Crippen molar-refractivity contribution in [3.05, 3.63) is 30.1 Å². The van der Waals surface area contributed by atoms with Crippen LogP contribution in [0.1, 0.15) is 45.7 Å². The van der Waals surface area contributed by atoms with Crippen LogP contribution in [0.25, 0.3) is 11.2 Å². The molecule has 0 aliphatic carbocycles. The Hall–Kier alpha value is -3.07. The van der Waals surface area contributed by atoms with Gasteiger partial charge in [0, 0.05) is 24.7 Å². The highest BCUT2D eigenvalue weighted by molar-refractivity contribution is 5.84. The maximum absolute atomic E-state index is 10.4. The Morgan fingerprint density at radius 3 is 2.63 bits per heavy atom. The molecule has 0 fully saturated rings. The normalized spacial score (nSPS) is 11.8. The number of fused-ring (bicyclic) bond motifs is 1. The molecule has 0 amide bonds. The van der Waals surface area contributed by atoms with E-state index in [2.05, 4.69) is 39.4 Å². The summed E-state index contributed by atoms with van der Waals surface area (Å²) in [5, 5.41) is 26.7. The number of phenols is 1. The standard InChI is InChI=1S/C21H30N6O3/c1-13(2)27-12-24-16-18(23-11-14-7-6-8-15(30-5)17(14)28)25-20(26-19(16)27)22-10-9-21(3,4)29/h6-8,12-13,28-29H,9-11H2,1-5H3,(H2,22,23,25,26). The van der Waals surface area contributed by atoms with Crippen LogP contribution in [-0.2, 0) is 6.54 Å². The molecule has 0 atom stereocenters. The smallest absolute Gasteiger partial charge is 0.226 e. The minimum Gasteiger partial charge on any atom is -0.504 e. The molecule has 9 nitrogen and oxygen atoms in total. The van der Waals surface area contributed by atoms with Gasteiger partial charge in [0.25, 0.3) is 0 Å². The lowest BCUT2D eigenvalue weighted by Gasteiger charge is -2.17. The third-order valence-corrected chi connectivity index (χ3v) is 4.75. The van der Waals surface area contributed by atoms with E-state index in [1.54, 1.807) is 26.2 Å². The van der Waals surface area contributed by atoms with E-state index in [9.17, 15) is 10.2 Å². The van der Waals surface area contributed by atoms with Gasteiger partial charge in [0.05, 0.1) is 19.0 Å². The Kier molecular flexibility index (Phi) is 6.31. The Morgan fingerprint density at radius 2 is 1.97 bits per heavy atom. The van der Waals surface area contributed by atoms with Crippen LogP contribution in [0.5, 0.6) is 11.5 Å². The summed E-state index contributed by atoms with van der Waals surface area (Å²) in [7, 11) is 1.52. The van der Waals surface area contributed by atoms with Crippen molar-refractivity contribution in [3.63, 3.8) is 0 Å². The van der Waals surface area contributed by atoms with Crippen LogP contribution >= 0.6 is 0 Å². The summed E-state index contributed by atoms with van der Waals surface area (Å²) in [5.74, 6) is 1.52. The second-order valence-corrected chi connectivity index (χ2v) is 8.12. The Bertz CT molecular complexity index is 1010. The lowest BCUT2D eigenvalue weighted by atomic mass is 10.1. The van der Waals surface area contributed by atoms with Crippen LogP contribution < -0.4 is 15.4 Å². The fraction of sp³-hybridized carbons (Fsp3) is 0.476. The van der Waals surface area contributed by atoms with Crippen molar-refractivity contribution in [1.82, 2.24) is 19.5 Å². The van der Waals surface area contributed by atoms with E-state index in [-0.39, 0.29) is 11.8 Å². The second-order valence-electron chi connectivity index (χ2n) is 8.12. The molecule has 0 aliphatic heterocycles. The first-order valence-electron chi connectivity index (χ1n) is 9.99. The maximum Gasteiger partial charge on any atom is 0.226 e. The van der Waals surface area contributed by atoms with E-state index in [0.717, 1.165) is 0 Å². The SMILES string of the molecule is COc1cccc(CNc2nc(NCCC(C)(C)O)nc3c2ncn3C(C)C)c1O. The van der Waals surface area contributed by atoms with Crippen LogP contribution in [0.15, 0.2) is 24.5 Å². The fourth-order valence-corrected chi connectivity index (χ4v) is 3.03. The van der Waals surface area contributed by atoms with E-state index in [4.69, 9.17) is 4.74 Å². The van der Waals surface area contributed by atoms with Crippen LogP contribution in [0.2, 0.25) is 0 Å². The van der Waals surface area contributed by atoms with E-state index in [1.807, 2.05) is 16.7 Å². The lowest BCUT2D eigenvalue weighted by Crippen LogP contribution is -2.23. The summed E-state index contributed by atoms with van der Waals surface area (Å²) < 4.78 is 7.16. The quantitative estimate of drug-likeness (QED) is 0.421. The number of aromatic hydroxyl groups is 1. The first-order chi connectivity index (χ1) is 14.2. The van der Waals surface area contributed by atoms with Crippen molar-refractivity contribution >= 4 is 22.9 Å². The Labute approximate surface area is 176 Å². The van der Waals surface area contributed by atoms with Crippen molar-refractivity contribution in [1.29, 1.82) is 0 Å². The third-order valence-electron chi connectivity index (χ3n) is 4.75. The minimum atomic E-state index is -0.776. The summed E-state index contributed by atoms with van der Waals surface area (Å²) in [6, 6.07) is 5.53. The largest absolute Gasteiger partial charge is 0.504 e. The number of ether oxygens (including phenoxy) is 1. The van der Waals surface area contributed by atoms with Crippen molar-refractivity contribution in [2.24, 2.45) is 0 Å². The first-order valence-corrected chi connectivity index (χ1v) is 9.99. The van der Waals surface area contributed by atoms with Crippen LogP contribution in [0, 0.1) is 0 Å². The molecule has 4 N–H and O–H groups in total. The van der Waals surface area contributed by atoms with E-state index in [1.165, 1.54) is 7.11 Å². The molecule has 0 unspecified atom stereocenters. The molecule has 0 spiro atoms. The molecule has 9 heteroatoms. The number of benzene rings is 1. The molecule has 162 valence electrons. The van der Waals surface area contributed by atoms with Gasteiger partial charge >= 0.3 is 0 Å². The average molecular weight is 415 g/mol. The zero-order valence-electron chi connectivity index (χ0n) is 18.1. The summed E-state index contributed by atoms with van der Waals surface area (Å²) in [5.41, 5.74) is 1.27. The van der Waals surface area contributed by atoms with Crippen molar-refractivity contribution < 1.29 is 14.9 Å². The molecule has 3 aromatic rings. The maximum atomic E-state index is 10.4. The zero-order valence-corrected chi connectivity index (χ0v) is 18.1. The predicted molar refractivity (Wildman–Crippen MR) is 117 cm³/mol. The average Bonchev–Trinajstić information content (AvgIpc) is 3.10. The number of aliphatic hydroxyl groups is 1. The number of nitrogens with zero attached hydrogens (tertiary/aromatic N) is 4. The van der Waals surface area contributed by atoms with Crippen LogP contribution in [0.3, 0.4) is 0 Å². The number of para-hydroxylation sites is 1. The van der Waals surface area contributed by atoms with Gasteiger partial charge in [-0.15, -0.1) is 0 Å². The van der Waals surface area contributed by atoms with Gasteiger partial charge in [0.2, 0.25) is 5.95 Å². The molecule has 2 heterocycles. The van der Waals surface area contributed by atoms with Gasteiger partial charge in [0.15, 0.2) is 28.5 Å². The fourth-order valence-electron chi connectivity index (χ4n) is 3.03. The molecule has 2 aromatic heterocycles. The van der Waals surface area contributed by atoms with Gasteiger partial charge in [0.1, 0.15) is 0 Å². The van der Waals surface area contributed by atoms with Gasteiger partial charge in [-0.25, -0.2) is 4.98 Å². The molecule has 0 bridgehead atoms. The summed E-state index contributed by atoms with van der Waals surface area (Å²) >= 11 is 0. The first kappa shape index (κ1) is 21.6. The number of aromatic nitrogens is 4. The highest BCUT2D eigenvalue weighted by Crippen LogP contribution is 2.30. The molecule has 0 radical (unpaired) electrons. The number of phenolic OH excluding ortho intramolecular Hbond substituents is 1. The van der Waals surface area contributed by atoms with E-state index < -0.39 is 5.60 Å². The van der Waals surface area contributed by atoms with Crippen molar-refractivity contribution in [2.75, 3.05) is 24.3 Å². The number of methoxy groups -OCH3 is 1. The topological polar surface area (TPSA) is 117 Å². The van der Waals surface area contributed by atoms with Gasteiger partial charge in [-0.2, -0.15) is 9.97 Å². The van der Waals surface area contributed by atoms with Gasteiger partial charge < -0.3 is 30.2 Å². The van der Waals surface area contributed by atoms with E-state index in [0.29, 0.717) is 53.8 Å².